The minimum Gasteiger partial charge on any atom is -0.353 e. The van der Waals surface area contributed by atoms with Gasteiger partial charge in [-0.2, -0.15) is 0 Å². The van der Waals surface area contributed by atoms with Crippen LogP contribution >= 0.6 is 0 Å². The molecule has 8 heteroatoms. The first kappa shape index (κ1) is 11.3. The molecule has 1 saturated carbocycles. The first-order valence-corrected chi connectivity index (χ1v) is 6.59. The molecule has 1 aliphatic heterocycles. The van der Waals surface area contributed by atoms with Gasteiger partial charge in [0, 0.05) is 6.54 Å². The number of rotatable bonds is 3. The Bertz CT molecular complexity index is 405. The molecular formula is C8H13N3O4S. The van der Waals surface area contributed by atoms with Crippen LogP contribution in [0.4, 0.5) is 0 Å². The largest absolute Gasteiger partial charge is 0.353 e. The Balaban J connectivity index is 1.90. The molecule has 3 N–H and O–H groups in total. The van der Waals surface area contributed by atoms with Crippen molar-refractivity contribution in [3.63, 3.8) is 0 Å². The van der Waals surface area contributed by atoms with Gasteiger partial charge in [-0.15, -0.1) is 0 Å². The Hall–Kier alpha value is -1.15. The summed E-state index contributed by atoms with van der Waals surface area (Å²) in [6.07, 6.45) is 1.22. The van der Waals surface area contributed by atoms with Gasteiger partial charge in [0.1, 0.15) is 6.04 Å². The number of hydrogen-bond donors (Lipinski definition) is 3. The fourth-order valence-electron chi connectivity index (χ4n) is 1.42. The van der Waals surface area contributed by atoms with Crippen molar-refractivity contribution in [3.05, 3.63) is 0 Å². The maximum atomic E-state index is 11.5. The summed E-state index contributed by atoms with van der Waals surface area (Å²) < 4.78 is 24.9. The quantitative estimate of drug-likeness (QED) is 0.519. The minimum absolute atomic E-state index is 0.0293. The lowest BCUT2D eigenvalue weighted by molar-refractivity contribution is -0.125. The predicted octanol–water partition coefficient (Wildman–Crippen LogP) is -2.32. The molecular weight excluding hydrogens is 234 g/mol. The van der Waals surface area contributed by atoms with Crippen LogP contribution in [-0.2, 0) is 19.6 Å². The summed E-state index contributed by atoms with van der Waals surface area (Å²) >= 11 is 0. The van der Waals surface area contributed by atoms with Gasteiger partial charge in [-0.25, -0.2) is 8.42 Å². The molecule has 1 unspecified atom stereocenters. The normalized spacial score (nSPS) is 26.0. The molecule has 2 fully saturated rings. The number of carbonyl (C=O) groups excluding carboxylic acids is 2. The zero-order valence-corrected chi connectivity index (χ0v) is 9.34. The van der Waals surface area contributed by atoms with E-state index in [4.69, 9.17) is 0 Å². The average molecular weight is 247 g/mol. The summed E-state index contributed by atoms with van der Waals surface area (Å²) in [5, 5.41) is 4.73. The van der Waals surface area contributed by atoms with Crippen LogP contribution in [-0.4, -0.2) is 44.6 Å². The van der Waals surface area contributed by atoms with E-state index in [-0.39, 0.29) is 19.0 Å². The van der Waals surface area contributed by atoms with E-state index in [2.05, 4.69) is 10.6 Å². The molecule has 1 atom stereocenters. The lowest BCUT2D eigenvalue weighted by Gasteiger charge is -2.22. The summed E-state index contributed by atoms with van der Waals surface area (Å²) in [7, 11) is -3.50. The zero-order chi connectivity index (χ0) is 11.8. The van der Waals surface area contributed by atoms with Gasteiger partial charge in [0.15, 0.2) is 0 Å². The maximum absolute atomic E-state index is 11.5. The number of nitrogens with one attached hydrogen (secondary N) is 3. The molecule has 1 heterocycles. The smallest absolute Gasteiger partial charge is 0.252 e. The Morgan fingerprint density at radius 2 is 2.06 bits per heavy atom. The van der Waals surface area contributed by atoms with Crippen molar-refractivity contribution in [2.75, 3.05) is 13.1 Å². The molecule has 0 aromatic heterocycles. The van der Waals surface area contributed by atoms with Gasteiger partial charge in [0.2, 0.25) is 15.9 Å². The van der Waals surface area contributed by atoms with Crippen molar-refractivity contribution in [2.24, 2.45) is 0 Å². The summed E-state index contributed by atoms with van der Waals surface area (Å²) in [6, 6.07) is -0.675. The molecule has 2 rings (SSSR count). The summed E-state index contributed by atoms with van der Waals surface area (Å²) in [5.74, 6) is -0.805. The highest BCUT2D eigenvalue weighted by atomic mass is 32.2. The van der Waals surface area contributed by atoms with Crippen LogP contribution in [0.5, 0.6) is 0 Å². The second-order valence-corrected chi connectivity index (χ2v) is 5.91. The Morgan fingerprint density at radius 3 is 2.56 bits per heavy atom. The van der Waals surface area contributed by atoms with Crippen LogP contribution < -0.4 is 15.4 Å². The summed E-state index contributed by atoms with van der Waals surface area (Å²) in [4.78, 5) is 22.4. The van der Waals surface area contributed by atoms with Crippen molar-refractivity contribution < 1.29 is 18.0 Å². The maximum Gasteiger partial charge on any atom is 0.252 e. The molecule has 0 aromatic rings. The van der Waals surface area contributed by atoms with Gasteiger partial charge >= 0.3 is 0 Å². The second kappa shape index (κ2) is 4.02. The van der Waals surface area contributed by atoms with E-state index in [0.29, 0.717) is 12.8 Å². The minimum atomic E-state index is -3.50. The number of piperazine rings is 1. The van der Waals surface area contributed by atoms with Crippen LogP contribution in [0.25, 0.3) is 0 Å². The highest BCUT2D eigenvalue weighted by Gasteiger charge is 2.38. The van der Waals surface area contributed by atoms with E-state index >= 15 is 0 Å². The van der Waals surface area contributed by atoms with E-state index in [1.807, 2.05) is 4.72 Å². The van der Waals surface area contributed by atoms with Gasteiger partial charge in [-0.3, -0.25) is 19.6 Å². The SMILES string of the molecule is O=C1CNC(C(=O)NS(=O)(=O)C2CC2)CN1. The van der Waals surface area contributed by atoms with Crippen molar-refractivity contribution in [1.29, 1.82) is 0 Å². The van der Waals surface area contributed by atoms with Crippen LogP contribution in [0.3, 0.4) is 0 Å². The molecule has 0 aromatic carbocycles. The molecule has 2 amide bonds. The highest BCUT2D eigenvalue weighted by molar-refractivity contribution is 7.90. The molecule has 90 valence electrons. The third-order valence-corrected chi connectivity index (χ3v) is 4.37. The summed E-state index contributed by atoms with van der Waals surface area (Å²) in [6.45, 7) is 0.145. The van der Waals surface area contributed by atoms with E-state index < -0.39 is 27.2 Å². The molecule has 0 spiro atoms. The number of carbonyl (C=O) groups is 2. The van der Waals surface area contributed by atoms with Crippen LogP contribution in [0, 0.1) is 0 Å². The van der Waals surface area contributed by atoms with Gasteiger partial charge in [-0.05, 0) is 12.8 Å². The van der Waals surface area contributed by atoms with Crippen molar-refractivity contribution in [1.82, 2.24) is 15.4 Å². The number of hydrogen-bond acceptors (Lipinski definition) is 5. The van der Waals surface area contributed by atoms with Gasteiger partial charge in [0.05, 0.1) is 11.8 Å². The fraction of sp³-hybridized carbons (Fsp3) is 0.750. The van der Waals surface area contributed by atoms with Gasteiger partial charge < -0.3 is 5.32 Å². The number of amides is 2. The second-order valence-electron chi connectivity index (χ2n) is 3.95. The number of sulfonamides is 1. The Kier molecular flexibility index (Phi) is 2.85. The first-order chi connectivity index (χ1) is 7.49. The van der Waals surface area contributed by atoms with Gasteiger partial charge in [0.25, 0.3) is 5.91 Å². The predicted molar refractivity (Wildman–Crippen MR) is 54.9 cm³/mol. The molecule has 7 nitrogen and oxygen atoms in total. The monoisotopic (exact) mass is 247 g/mol. The van der Waals surface area contributed by atoms with Crippen molar-refractivity contribution in [2.45, 2.75) is 24.1 Å². The molecule has 1 saturated heterocycles. The zero-order valence-electron chi connectivity index (χ0n) is 8.52. The molecule has 2 aliphatic rings. The van der Waals surface area contributed by atoms with Crippen LogP contribution in [0.15, 0.2) is 0 Å². The van der Waals surface area contributed by atoms with Crippen LogP contribution in [0.2, 0.25) is 0 Å². The Labute approximate surface area is 93.0 Å². The highest BCUT2D eigenvalue weighted by Crippen LogP contribution is 2.27. The molecule has 16 heavy (non-hydrogen) atoms. The molecule has 1 aliphatic carbocycles. The van der Waals surface area contributed by atoms with E-state index in [1.54, 1.807) is 0 Å². The van der Waals surface area contributed by atoms with E-state index in [0.717, 1.165) is 0 Å². The van der Waals surface area contributed by atoms with E-state index in [1.165, 1.54) is 0 Å². The summed E-state index contributed by atoms with van der Waals surface area (Å²) in [5.41, 5.74) is 0. The Morgan fingerprint density at radius 1 is 1.38 bits per heavy atom. The third-order valence-electron chi connectivity index (χ3n) is 2.53. The molecule has 0 radical (unpaired) electrons. The lowest BCUT2D eigenvalue weighted by Crippen LogP contribution is -2.58. The third kappa shape index (κ3) is 2.50. The lowest BCUT2D eigenvalue weighted by atomic mass is 10.2. The molecule has 0 bridgehead atoms. The van der Waals surface area contributed by atoms with E-state index in [9.17, 15) is 18.0 Å². The first-order valence-electron chi connectivity index (χ1n) is 5.04. The van der Waals surface area contributed by atoms with Crippen molar-refractivity contribution >= 4 is 21.8 Å². The standard InChI is InChI=1S/C8H13N3O4S/c12-7-4-9-6(3-10-7)8(13)11-16(14,15)5-1-2-5/h5-6,9H,1-4H2,(H,10,12)(H,11,13). The fourth-order valence-corrected chi connectivity index (χ4v) is 2.77. The van der Waals surface area contributed by atoms with Crippen LogP contribution in [0.1, 0.15) is 12.8 Å². The topological polar surface area (TPSA) is 104 Å². The van der Waals surface area contributed by atoms with Crippen molar-refractivity contribution in [3.8, 4) is 0 Å². The average Bonchev–Trinajstić information content (AvgIpc) is 3.01. The van der Waals surface area contributed by atoms with Gasteiger partial charge in [-0.1, -0.05) is 0 Å².